The third-order valence-electron chi connectivity index (χ3n) is 2.83. The molecule has 1 nitrogen and oxygen atoms in total. The second kappa shape index (κ2) is 9.85. The molecule has 0 unspecified atom stereocenters. The van der Waals surface area contributed by atoms with E-state index >= 15 is 0 Å². The van der Waals surface area contributed by atoms with E-state index in [1.807, 2.05) is 0 Å². The van der Waals surface area contributed by atoms with Crippen molar-refractivity contribution in [2.75, 3.05) is 11.6 Å². The maximum absolute atomic E-state index is 6.22. The Morgan fingerprint density at radius 2 is 1.47 bits per heavy atom. The molecule has 0 atom stereocenters. The van der Waals surface area contributed by atoms with E-state index in [0.29, 0.717) is 0 Å². The second-order valence-electron chi connectivity index (χ2n) is 4.37. The minimum Gasteiger partial charge on any atom is -0.416 e. The highest BCUT2D eigenvalue weighted by atomic mass is 79.9. The first-order valence-corrected chi connectivity index (χ1v) is 10.1. The van der Waals surface area contributed by atoms with Crippen LogP contribution >= 0.6 is 15.9 Å². The molecule has 0 aromatic carbocycles. The highest BCUT2D eigenvalue weighted by Crippen LogP contribution is 2.25. The molecule has 0 spiro atoms. The predicted molar refractivity (Wildman–Crippen MR) is 75.2 cm³/mol. The summed E-state index contributed by atoms with van der Waals surface area (Å²) in [5.74, 6) is 0. The van der Waals surface area contributed by atoms with Gasteiger partial charge in [-0.1, -0.05) is 62.4 Å². The molecule has 0 rings (SSSR count). The maximum atomic E-state index is 6.22. The number of unbranched alkanes of at least 4 members (excludes halogenated alkanes) is 2. The molecule has 0 radical (unpaired) electrons. The van der Waals surface area contributed by atoms with E-state index in [2.05, 4.69) is 36.7 Å². The summed E-state index contributed by atoms with van der Waals surface area (Å²) in [5.41, 5.74) is 0. The molecule has 0 fully saturated rings. The van der Waals surface area contributed by atoms with Crippen LogP contribution in [-0.4, -0.2) is 19.9 Å². The number of hydrogen-bond acceptors (Lipinski definition) is 1. The smallest absolute Gasteiger partial charge is 0.203 e. The molecular formula is C12H27BrOSi. The van der Waals surface area contributed by atoms with Crippen LogP contribution in [-0.2, 0) is 4.43 Å². The van der Waals surface area contributed by atoms with E-state index in [0.717, 1.165) is 18.0 Å². The van der Waals surface area contributed by atoms with Crippen LogP contribution in [0.15, 0.2) is 0 Å². The normalized spacial score (nSPS) is 12.0. The Bertz CT molecular complexity index is 120. The van der Waals surface area contributed by atoms with E-state index in [1.54, 1.807) is 0 Å². The molecule has 0 aliphatic rings. The topological polar surface area (TPSA) is 9.23 Å². The molecule has 15 heavy (non-hydrogen) atoms. The van der Waals surface area contributed by atoms with E-state index in [9.17, 15) is 0 Å². The number of halogens is 1. The third-order valence-corrected chi connectivity index (χ3v) is 9.73. The summed E-state index contributed by atoms with van der Waals surface area (Å²) >= 11 is 3.70. The van der Waals surface area contributed by atoms with Crippen LogP contribution < -0.4 is 0 Å². The quantitative estimate of drug-likeness (QED) is 0.412. The van der Waals surface area contributed by atoms with E-state index < -0.39 is 8.32 Å². The zero-order valence-electron chi connectivity index (χ0n) is 10.7. The Labute approximate surface area is 105 Å². The highest BCUT2D eigenvalue weighted by molar-refractivity contribution is 9.09. The van der Waals surface area contributed by atoms with Crippen molar-refractivity contribution in [1.82, 2.24) is 0 Å². The largest absolute Gasteiger partial charge is 0.416 e. The van der Waals surface area contributed by atoms with Crippen LogP contribution in [0.2, 0.25) is 12.1 Å². The van der Waals surface area contributed by atoms with Gasteiger partial charge in [0.15, 0.2) is 0 Å². The van der Waals surface area contributed by atoms with Crippen LogP contribution in [0.5, 0.6) is 0 Å². The first-order chi connectivity index (χ1) is 7.24. The van der Waals surface area contributed by atoms with Gasteiger partial charge in [-0.05, 0) is 18.5 Å². The van der Waals surface area contributed by atoms with Crippen molar-refractivity contribution in [2.24, 2.45) is 0 Å². The SMILES string of the molecule is CCCC[Si](CBr)(CCCC)OCCC. The van der Waals surface area contributed by atoms with E-state index in [-0.39, 0.29) is 0 Å². The fourth-order valence-electron chi connectivity index (χ4n) is 1.76. The predicted octanol–water partition coefficient (Wildman–Crippen LogP) is 4.89. The lowest BCUT2D eigenvalue weighted by atomic mass is 10.4. The van der Waals surface area contributed by atoms with Gasteiger partial charge in [0.05, 0.1) is 0 Å². The van der Waals surface area contributed by atoms with Gasteiger partial charge in [0.25, 0.3) is 0 Å². The molecular weight excluding hydrogens is 268 g/mol. The van der Waals surface area contributed by atoms with Gasteiger partial charge < -0.3 is 4.43 Å². The van der Waals surface area contributed by atoms with Crippen molar-refractivity contribution in [2.45, 2.75) is 65.0 Å². The van der Waals surface area contributed by atoms with Gasteiger partial charge in [-0.3, -0.25) is 0 Å². The third kappa shape index (κ3) is 6.75. The maximum Gasteiger partial charge on any atom is 0.203 e. The molecule has 0 aromatic heterocycles. The molecule has 0 saturated carbocycles. The molecule has 0 saturated heterocycles. The summed E-state index contributed by atoms with van der Waals surface area (Å²) in [6.07, 6.45) is 6.42. The average molecular weight is 295 g/mol. The molecule has 0 heterocycles. The molecule has 3 heteroatoms. The lowest BCUT2D eigenvalue weighted by molar-refractivity contribution is 0.299. The Morgan fingerprint density at radius 1 is 0.933 bits per heavy atom. The number of alkyl halides is 1. The summed E-state index contributed by atoms with van der Waals surface area (Å²) in [6, 6.07) is 2.68. The molecule has 0 aliphatic heterocycles. The zero-order chi connectivity index (χ0) is 11.6. The molecule has 92 valence electrons. The lowest BCUT2D eigenvalue weighted by Gasteiger charge is -2.29. The fraction of sp³-hybridized carbons (Fsp3) is 1.00. The summed E-state index contributed by atoms with van der Waals surface area (Å²) in [4.78, 5) is 1.12. The Hall–Kier alpha value is 0.657. The van der Waals surface area contributed by atoms with Crippen molar-refractivity contribution in [3.8, 4) is 0 Å². The molecule has 0 N–H and O–H groups in total. The molecule has 0 aromatic rings. The van der Waals surface area contributed by atoms with E-state index in [4.69, 9.17) is 4.43 Å². The first-order valence-electron chi connectivity index (χ1n) is 6.44. The minimum atomic E-state index is -1.42. The van der Waals surface area contributed by atoms with Crippen LogP contribution in [0.3, 0.4) is 0 Å². The highest BCUT2D eigenvalue weighted by Gasteiger charge is 2.32. The Balaban J connectivity index is 4.16. The molecule has 0 aliphatic carbocycles. The summed E-state index contributed by atoms with van der Waals surface area (Å²) in [7, 11) is -1.42. The van der Waals surface area contributed by atoms with E-state index in [1.165, 1.54) is 37.8 Å². The summed E-state index contributed by atoms with van der Waals surface area (Å²) < 4.78 is 6.22. The van der Waals surface area contributed by atoms with Crippen molar-refractivity contribution in [3.05, 3.63) is 0 Å². The van der Waals surface area contributed by atoms with Crippen LogP contribution in [0.25, 0.3) is 0 Å². The number of rotatable bonds is 10. The zero-order valence-corrected chi connectivity index (χ0v) is 13.2. The van der Waals surface area contributed by atoms with Crippen molar-refractivity contribution in [3.63, 3.8) is 0 Å². The van der Waals surface area contributed by atoms with Gasteiger partial charge in [0, 0.05) is 11.6 Å². The van der Waals surface area contributed by atoms with Gasteiger partial charge in [-0.25, -0.2) is 0 Å². The first kappa shape index (κ1) is 15.7. The van der Waals surface area contributed by atoms with Crippen molar-refractivity contribution in [1.29, 1.82) is 0 Å². The standard InChI is InChI=1S/C12H27BrOSi/c1-4-7-10-15(12-13,11-8-5-2)14-9-6-3/h4-12H2,1-3H3. The summed E-state index contributed by atoms with van der Waals surface area (Å²) in [5, 5.41) is 0. The van der Waals surface area contributed by atoms with Gasteiger partial charge in [0.1, 0.15) is 0 Å². The number of hydrogen-bond donors (Lipinski definition) is 0. The molecule has 0 bridgehead atoms. The fourth-order valence-corrected chi connectivity index (χ4v) is 7.44. The van der Waals surface area contributed by atoms with Crippen LogP contribution in [0.1, 0.15) is 52.9 Å². The van der Waals surface area contributed by atoms with Crippen LogP contribution in [0, 0.1) is 0 Å². The lowest BCUT2D eigenvalue weighted by Crippen LogP contribution is -2.41. The van der Waals surface area contributed by atoms with Gasteiger partial charge in [-0.2, -0.15) is 0 Å². The van der Waals surface area contributed by atoms with Crippen molar-refractivity contribution < 1.29 is 4.43 Å². The second-order valence-corrected chi connectivity index (χ2v) is 9.98. The Kier molecular flexibility index (Phi) is 10.3. The van der Waals surface area contributed by atoms with Gasteiger partial charge >= 0.3 is 0 Å². The average Bonchev–Trinajstić information content (AvgIpc) is 2.29. The van der Waals surface area contributed by atoms with Crippen LogP contribution in [0.4, 0.5) is 0 Å². The van der Waals surface area contributed by atoms with Gasteiger partial charge in [-0.15, -0.1) is 0 Å². The Morgan fingerprint density at radius 3 is 1.80 bits per heavy atom. The molecule has 0 amide bonds. The van der Waals surface area contributed by atoms with Gasteiger partial charge in [0.2, 0.25) is 8.32 Å². The van der Waals surface area contributed by atoms with Crippen molar-refractivity contribution >= 4 is 24.2 Å². The summed E-state index contributed by atoms with van der Waals surface area (Å²) in [6.45, 7) is 7.71. The minimum absolute atomic E-state index is 0.964. The monoisotopic (exact) mass is 294 g/mol.